The Hall–Kier alpha value is -2.10. The van der Waals surface area contributed by atoms with Gasteiger partial charge in [-0.05, 0) is 18.6 Å². The van der Waals surface area contributed by atoms with Gasteiger partial charge in [0.1, 0.15) is 0 Å². The lowest BCUT2D eigenvalue weighted by atomic mass is 10.1. The van der Waals surface area contributed by atoms with Crippen molar-refractivity contribution in [2.24, 2.45) is 0 Å². The number of imidazole rings is 1. The van der Waals surface area contributed by atoms with Gasteiger partial charge >= 0.3 is 0 Å². The van der Waals surface area contributed by atoms with Gasteiger partial charge in [-0.3, -0.25) is 4.79 Å². The van der Waals surface area contributed by atoms with Crippen molar-refractivity contribution in [1.29, 1.82) is 0 Å². The van der Waals surface area contributed by atoms with Gasteiger partial charge in [-0.2, -0.15) is 0 Å². The molecule has 4 nitrogen and oxygen atoms in total. The van der Waals surface area contributed by atoms with Crippen molar-refractivity contribution in [2.45, 2.75) is 32.2 Å². The topological polar surface area (TPSA) is 46.9 Å². The van der Waals surface area contributed by atoms with Crippen LogP contribution in [0.2, 0.25) is 0 Å². The van der Waals surface area contributed by atoms with Crippen molar-refractivity contribution in [2.75, 3.05) is 5.32 Å². The second-order valence-corrected chi connectivity index (χ2v) is 4.57. The number of anilines is 1. The molecule has 1 N–H and O–H groups in total. The largest absolute Gasteiger partial charge is 0.334 e. The Morgan fingerprint density at radius 3 is 2.79 bits per heavy atom. The lowest BCUT2D eigenvalue weighted by Gasteiger charge is -2.17. The molecule has 0 saturated heterocycles. The Labute approximate surface area is 113 Å². The molecule has 1 heterocycles. The third-order valence-electron chi connectivity index (χ3n) is 3.05. The van der Waals surface area contributed by atoms with E-state index in [1.807, 2.05) is 41.1 Å². The zero-order chi connectivity index (χ0) is 13.5. The summed E-state index contributed by atoms with van der Waals surface area (Å²) in [6.07, 6.45) is 7.92. The van der Waals surface area contributed by atoms with Gasteiger partial charge in [0.25, 0.3) is 0 Å². The minimum Gasteiger partial charge on any atom is -0.334 e. The summed E-state index contributed by atoms with van der Waals surface area (Å²) in [5.74, 6) is 0.0401. The molecule has 0 saturated carbocycles. The number of rotatable bonds is 6. The van der Waals surface area contributed by atoms with Crippen LogP contribution in [0.1, 0.15) is 32.2 Å². The van der Waals surface area contributed by atoms with E-state index in [9.17, 15) is 4.79 Å². The van der Waals surface area contributed by atoms with Crippen LogP contribution in [0.4, 0.5) is 5.69 Å². The van der Waals surface area contributed by atoms with E-state index in [2.05, 4.69) is 17.2 Å². The molecule has 1 amide bonds. The molecule has 1 unspecified atom stereocenters. The number of benzene rings is 1. The smallest absolute Gasteiger partial charge is 0.226 e. The minimum atomic E-state index is 0.0401. The van der Waals surface area contributed by atoms with Crippen LogP contribution in [0.5, 0.6) is 0 Å². The lowest BCUT2D eigenvalue weighted by molar-refractivity contribution is -0.117. The molecule has 0 aliphatic carbocycles. The Bertz CT molecular complexity index is 493. The van der Waals surface area contributed by atoms with Gasteiger partial charge in [0.05, 0.1) is 6.33 Å². The van der Waals surface area contributed by atoms with Crippen molar-refractivity contribution in [3.8, 4) is 0 Å². The molecular formula is C15H19N3O. The number of carbonyl (C=O) groups excluding carboxylic acids is 1. The number of aromatic nitrogens is 2. The third-order valence-corrected chi connectivity index (χ3v) is 3.05. The van der Waals surface area contributed by atoms with Crippen molar-refractivity contribution in [3.63, 3.8) is 0 Å². The first-order chi connectivity index (χ1) is 9.29. The fourth-order valence-electron chi connectivity index (χ4n) is 2.12. The van der Waals surface area contributed by atoms with Gasteiger partial charge in [-0.25, -0.2) is 4.98 Å². The Balaban J connectivity index is 1.96. The van der Waals surface area contributed by atoms with Crippen LogP contribution in [0.3, 0.4) is 0 Å². The number of amides is 1. The fourth-order valence-corrected chi connectivity index (χ4v) is 2.12. The summed E-state index contributed by atoms with van der Waals surface area (Å²) in [5.41, 5.74) is 0.841. The van der Waals surface area contributed by atoms with Crippen molar-refractivity contribution < 1.29 is 4.79 Å². The van der Waals surface area contributed by atoms with E-state index < -0.39 is 0 Å². The SMILES string of the molecule is CCCC(CC(=O)Nc1ccccc1)n1ccnc1. The third kappa shape index (κ3) is 3.95. The fraction of sp³-hybridized carbons (Fsp3) is 0.333. The van der Waals surface area contributed by atoms with Crippen LogP contribution >= 0.6 is 0 Å². The second kappa shape index (κ2) is 6.73. The maximum absolute atomic E-state index is 12.0. The molecule has 4 heteroatoms. The molecule has 2 aromatic rings. The van der Waals surface area contributed by atoms with Crippen LogP contribution in [-0.2, 0) is 4.79 Å². The highest BCUT2D eigenvalue weighted by Gasteiger charge is 2.14. The van der Waals surface area contributed by atoms with Gasteiger partial charge in [0.15, 0.2) is 0 Å². The van der Waals surface area contributed by atoms with E-state index in [0.717, 1.165) is 18.5 Å². The number of nitrogens with one attached hydrogen (secondary N) is 1. The van der Waals surface area contributed by atoms with Crippen LogP contribution in [0.15, 0.2) is 49.1 Å². The summed E-state index contributed by atoms with van der Waals surface area (Å²) >= 11 is 0. The summed E-state index contributed by atoms with van der Waals surface area (Å²) in [7, 11) is 0. The molecule has 0 fully saturated rings. The van der Waals surface area contributed by atoms with Gasteiger partial charge in [-0.1, -0.05) is 31.5 Å². The summed E-state index contributed by atoms with van der Waals surface area (Å²) in [6.45, 7) is 2.12. The molecule has 1 aromatic heterocycles. The van der Waals surface area contributed by atoms with E-state index in [4.69, 9.17) is 0 Å². The predicted molar refractivity (Wildman–Crippen MR) is 75.9 cm³/mol. The quantitative estimate of drug-likeness (QED) is 0.863. The highest BCUT2D eigenvalue weighted by atomic mass is 16.1. The standard InChI is InChI=1S/C15H19N3O/c1-2-6-14(18-10-9-16-12-18)11-15(19)17-13-7-4-3-5-8-13/h3-5,7-10,12,14H,2,6,11H2,1H3,(H,17,19). The van der Waals surface area contributed by atoms with Crippen LogP contribution < -0.4 is 5.32 Å². The number of para-hydroxylation sites is 1. The first-order valence-corrected chi connectivity index (χ1v) is 6.62. The monoisotopic (exact) mass is 257 g/mol. The van der Waals surface area contributed by atoms with Gasteiger partial charge in [-0.15, -0.1) is 0 Å². The maximum atomic E-state index is 12.0. The van der Waals surface area contributed by atoms with Crippen molar-refractivity contribution in [3.05, 3.63) is 49.1 Å². The normalized spacial score (nSPS) is 12.1. The Morgan fingerprint density at radius 1 is 1.37 bits per heavy atom. The minimum absolute atomic E-state index is 0.0401. The van der Waals surface area contributed by atoms with Crippen LogP contribution in [-0.4, -0.2) is 15.5 Å². The van der Waals surface area contributed by atoms with Crippen LogP contribution in [0.25, 0.3) is 0 Å². The second-order valence-electron chi connectivity index (χ2n) is 4.57. The van der Waals surface area contributed by atoms with Gasteiger partial charge < -0.3 is 9.88 Å². The average molecular weight is 257 g/mol. The Morgan fingerprint density at radius 2 is 2.16 bits per heavy atom. The van der Waals surface area contributed by atoms with E-state index in [1.54, 1.807) is 12.5 Å². The molecule has 100 valence electrons. The zero-order valence-electron chi connectivity index (χ0n) is 11.1. The number of carbonyl (C=O) groups is 1. The predicted octanol–water partition coefficient (Wildman–Crippen LogP) is 3.25. The van der Waals surface area contributed by atoms with E-state index in [-0.39, 0.29) is 11.9 Å². The highest BCUT2D eigenvalue weighted by molar-refractivity contribution is 5.90. The number of hydrogen-bond donors (Lipinski definition) is 1. The molecule has 0 radical (unpaired) electrons. The molecule has 2 rings (SSSR count). The van der Waals surface area contributed by atoms with Gasteiger partial charge in [0, 0.05) is 30.5 Å². The maximum Gasteiger partial charge on any atom is 0.226 e. The molecule has 0 bridgehead atoms. The summed E-state index contributed by atoms with van der Waals surface area (Å²) in [4.78, 5) is 16.1. The molecule has 0 aliphatic heterocycles. The average Bonchev–Trinajstić information content (AvgIpc) is 2.93. The zero-order valence-corrected chi connectivity index (χ0v) is 11.1. The lowest BCUT2D eigenvalue weighted by Crippen LogP contribution is -2.18. The highest BCUT2D eigenvalue weighted by Crippen LogP contribution is 2.18. The molecule has 19 heavy (non-hydrogen) atoms. The first-order valence-electron chi connectivity index (χ1n) is 6.62. The van der Waals surface area contributed by atoms with E-state index in [1.165, 1.54) is 0 Å². The van der Waals surface area contributed by atoms with Crippen molar-refractivity contribution >= 4 is 11.6 Å². The summed E-state index contributed by atoms with van der Waals surface area (Å²) in [5, 5.41) is 2.92. The molecule has 1 aromatic carbocycles. The molecule has 1 atom stereocenters. The van der Waals surface area contributed by atoms with E-state index >= 15 is 0 Å². The van der Waals surface area contributed by atoms with E-state index in [0.29, 0.717) is 6.42 Å². The Kier molecular flexibility index (Phi) is 4.72. The molecule has 0 spiro atoms. The molecular weight excluding hydrogens is 238 g/mol. The number of nitrogens with zero attached hydrogens (tertiary/aromatic N) is 2. The van der Waals surface area contributed by atoms with Crippen molar-refractivity contribution in [1.82, 2.24) is 9.55 Å². The summed E-state index contributed by atoms with van der Waals surface area (Å²) < 4.78 is 2.01. The first kappa shape index (κ1) is 13.3. The van der Waals surface area contributed by atoms with Crippen LogP contribution in [0, 0.1) is 0 Å². The molecule has 0 aliphatic rings. The summed E-state index contributed by atoms with van der Waals surface area (Å²) in [6, 6.07) is 9.72. The van der Waals surface area contributed by atoms with Gasteiger partial charge in [0.2, 0.25) is 5.91 Å². The number of hydrogen-bond acceptors (Lipinski definition) is 2.